The lowest BCUT2D eigenvalue weighted by atomic mass is 9.96. The summed E-state index contributed by atoms with van der Waals surface area (Å²) >= 11 is 3.30. The van der Waals surface area contributed by atoms with Crippen LogP contribution in [-0.4, -0.2) is 16.6 Å². The number of benzene rings is 2. The molecule has 1 atom stereocenters. The fraction of sp³-hybridized carbons (Fsp3) is 0.188. The number of rotatable bonds is 1. The zero-order chi connectivity index (χ0) is 14.4. The Bertz CT molecular complexity index is 830. The highest BCUT2D eigenvalue weighted by Crippen LogP contribution is 2.32. The Balaban J connectivity index is 1.73. The average Bonchev–Trinajstić information content (AvgIpc) is 2.91. The monoisotopic (exact) mass is 346 g/mol. The van der Waals surface area contributed by atoms with Crippen LogP contribution in [0.4, 0.5) is 4.39 Å². The lowest BCUT2D eigenvalue weighted by molar-refractivity contribution is 0.258. The summed E-state index contributed by atoms with van der Waals surface area (Å²) < 4.78 is 20.4. The fourth-order valence-electron chi connectivity index (χ4n) is 2.76. The van der Waals surface area contributed by atoms with E-state index in [1.807, 2.05) is 24.3 Å². The number of halogens is 2. The molecule has 1 N–H and O–H groups in total. The van der Waals surface area contributed by atoms with E-state index in [4.69, 9.17) is 4.74 Å². The van der Waals surface area contributed by atoms with Gasteiger partial charge in [-0.25, -0.2) is 9.37 Å². The van der Waals surface area contributed by atoms with Crippen molar-refractivity contribution in [3.63, 3.8) is 0 Å². The summed E-state index contributed by atoms with van der Waals surface area (Å²) in [5.74, 6) is 1.50. The topological polar surface area (TPSA) is 37.9 Å². The number of para-hydroxylation sites is 1. The second-order valence-electron chi connectivity index (χ2n) is 5.23. The molecule has 5 heteroatoms. The van der Waals surface area contributed by atoms with E-state index in [1.165, 1.54) is 6.07 Å². The highest BCUT2D eigenvalue weighted by atomic mass is 79.9. The van der Waals surface area contributed by atoms with Crippen molar-refractivity contribution in [3.8, 4) is 5.75 Å². The number of nitrogens with zero attached hydrogens (tertiary/aromatic N) is 1. The SMILES string of the molecule is Fc1cc(Br)cc2[nH]c(C3COc4ccccc4C3)nc12. The third-order valence-corrected chi connectivity index (χ3v) is 4.25. The number of fused-ring (bicyclic) bond motifs is 2. The maximum absolute atomic E-state index is 13.9. The zero-order valence-electron chi connectivity index (χ0n) is 11.1. The molecule has 106 valence electrons. The Kier molecular flexibility index (Phi) is 2.96. The van der Waals surface area contributed by atoms with Gasteiger partial charge in [-0.1, -0.05) is 34.1 Å². The number of H-pyrrole nitrogens is 1. The molecule has 2 aromatic carbocycles. The van der Waals surface area contributed by atoms with Crippen LogP contribution >= 0.6 is 15.9 Å². The quantitative estimate of drug-likeness (QED) is 0.717. The van der Waals surface area contributed by atoms with E-state index < -0.39 is 0 Å². The molecule has 3 aromatic rings. The van der Waals surface area contributed by atoms with Crippen LogP contribution in [0.3, 0.4) is 0 Å². The molecule has 0 aliphatic carbocycles. The van der Waals surface area contributed by atoms with Crippen LogP contribution in [0, 0.1) is 5.82 Å². The number of hydrogen-bond acceptors (Lipinski definition) is 2. The van der Waals surface area contributed by atoms with Gasteiger partial charge >= 0.3 is 0 Å². The fourth-order valence-corrected chi connectivity index (χ4v) is 3.19. The van der Waals surface area contributed by atoms with Crippen molar-refractivity contribution in [1.29, 1.82) is 0 Å². The van der Waals surface area contributed by atoms with Crippen molar-refractivity contribution in [3.05, 3.63) is 58.1 Å². The first-order chi connectivity index (χ1) is 10.2. The molecule has 2 heterocycles. The summed E-state index contributed by atoms with van der Waals surface area (Å²) in [7, 11) is 0. The number of nitrogens with one attached hydrogen (secondary N) is 1. The Morgan fingerprint density at radius 3 is 3.05 bits per heavy atom. The van der Waals surface area contributed by atoms with Crippen LogP contribution in [-0.2, 0) is 6.42 Å². The van der Waals surface area contributed by atoms with Crippen molar-refractivity contribution in [2.24, 2.45) is 0 Å². The van der Waals surface area contributed by atoms with Crippen molar-refractivity contribution < 1.29 is 9.13 Å². The minimum atomic E-state index is -0.320. The lowest BCUT2D eigenvalue weighted by Crippen LogP contribution is -2.20. The molecule has 1 unspecified atom stereocenters. The largest absolute Gasteiger partial charge is 0.493 e. The van der Waals surface area contributed by atoms with E-state index in [9.17, 15) is 4.39 Å². The normalized spacial score (nSPS) is 17.5. The van der Waals surface area contributed by atoms with Gasteiger partial charge in [-0.2, -0.15) is 0 Å². The van der Waals surface area contributed by atoms with Gasteiger partial charge in [0.2, 0.25) is 0 Å². The lowest BCUT2D eigenvalue weighted by Gasteiger charge is -2.23. The number of aromatic nitrogens is 2. The first-order valence-electron chi connectivity index (χ1n) is 6.76. The summed E-state index contributed by atoms with van der Waals surface area (Å²) in [5, 5.41) is 0. The smallest absolute Gasteiger partial charge is 0.152 e. The predicted molar refractivity (Wildman–Crippen MR) is 82.1 cm³/mol. The van der Waals surface area contributed by atoms with Gasteiger partial charge in [-0.05, 0) is 30.2 Å². The molecular weight excluding hydrogens is 335 g/mol. The second-order valence-corrected chi connectivity index (χ2v) is 6.14. The van der Waals surface area contributed by atoms with Crippen molar-refractivity contribution >= 4 is 27.0 Å². The molecule has 1 aromatic heterocycles. The molecular formula is C16H12BrFN2O. The number of aromatic amines is 1. The highest BCUT2D eigenvalue weighted by molar-refractivity contribution is 9.10. The van der Waals surface area contributed by atoms with Gasteiger partial charge in [-0.3, -0.25) is 0 Å². The first-order valence-corrected chi connectivity index (χ1v) is 7.55. The minimum Gasteiger partial charge on any atom is -0.493 e. The molecule has 0 amide bonds. The molecule has 0 radical (unpaired) electrons. The maximum Gasteiger partial charge on any atom is 0.152 e. The minimum absolute atomic E-state index is 0.116. The highest BCUT2D eigenvalue weighted by Gasteiger charge is 2.24. The molecule has 0 spiro atoms. The van der Waals surface area contributed by atoms with Crippen LogP contribution in [0.25, 0.3) is 11.0 Å². The summed E-state index contributed by atoms with van der Waals surface area (Å²) in [5.41, 5.74) is 2.25. The molecule has 21 heavy (non-hydrogen) atoms. The maximum atomic E-state index is 13.9. The standard InChI is InChI=1S/C16H12BrFN2O/c17-11-6-12(18)15-13(7-11)19-16(20-15)10-5-9-3-1-2-4-14(9)21-8-10/h1-4,6-7,10H,5,8H2,(H,19,20). The van der Waals surface area contributed by atoms with Crippen molar-refractivity contribution in [2.45, 2.75) is 12.3 Å². The molecule has 0 bridgehead atoms. The van der Waals surface area contributed by atoms with Crippen LogP contribution in [0.1, 0.15) is 17.3 Å². The van der Waals surface area contributed by atoms with Gasteiger partial charge in [0.25, 0.3) is 0 Å². The second kappa shape index (κ2) is 4.84. The zero-order valence-corrected chi connectivity index (χ0v) is 12.7. The number of imidazole rings is 1. The molecule has 0 saturated heterocycles. The van der Waals surface area contributed by atoms with Crippen molar-refractivity contribution in [1.82, 2.24) is 9.97 Å². The Hall–Kier alpha value is -1.88. The molecule has 3 nitrogen and oxygen atoms in total. The third kappa shape index (κ3) is 2.21. The third-order valence-electron chi connectivity index (χ3n) is 3.79. The van der Waals surface area contributed by atoms with E-state index in [2.05, 4.69) is 32.0 Å². The first kappa shape index (κ1) is 12.8. The van der Waals surface area contributed by atoms with Gasteiger partial charge < -0.3 is 9.72 Å². The Morgan fingerprint density at radius 1 is 1.29 bits per heavy atom. The van der Waals surface area contributed by atoms with Gasteiger partial charge in [-0.15, -0.1) is 0 Å². The van der Waals surface area contributed by atoms with Gasteiger partial charge in [0.05, 0.1) is 18.0 Å². The number of hydrogen-bond donors (Lipinski definition) is 1. The van der Waals surface area contributed by atoms with E-state index in [1.54, 1.807) is 0 Å². The Labute approximate surface area is 129 Å². The van der Waals surface area contributed by atoms with Crippen LogP contribution < -0.4 is 4.74 Å². The summed E-state index contributed by atoms with van der Waals surface area (Å²) in [6.45, 7) is 0.555. The van der Waals surface area contributed by atoms with Gasteiger partial charge in [0, 0.05) is 4.47 Å². The van der Waals surface area contributed by atoms with Crippen LogP contribution in [0.15, 0.2) is 40.9 Å². The van der Waals surface area contributed by atoms with E-state index in [0.717, 1.165) is 23.6 Å². The average molecular weight is 347 g/mol. The van der Waals surface area contributed by atoms with Crippen LogP contribution in [0.5, 0.6) is 5.75 Å². The van der Waals surface area contributed by atoms with E-state index in [-0.39, 0.29) is 11.7 Å². The molecule has 0 saturated carbocycles. The van der Waals surface area contributed by atoms with Crippen molar-refractivity contribution in [2.75, 3.05) is 6.61 Å². The number of ether oxygens (including phenoxy) is 1. The summed E-state index contributed by atoms with van der Waals surface area (Å²) in [6, 6.07) is 11.3. The summed E-state index contributed by atoms with van der Waals surface area (Å²) in [6.07, 6.45) is 0.846. The molecule has 1 aliphatic heterocycles. The molecule has 1 aliphatic rings. The van der Waals surface area contributed by atoms with Gasteiger partial charge in [0.15, 0.2) is 5.82 Å². The van der Waals surface area contributed by atoms with Gasteiger partial charge in [0.1, 0.15) is 17.1 Å². The van der Waals surface area contributed by atoms with E-state index >= 15 is 0 Å². The molecule has 4 rings (SSSR count). The summed E-state index contributed by atoms with van der Waals surface area (Å²) in [4.78, 5) is 7.64. The predicted octanol–water partition coefficient (Wildman–Crippen LogP) is 4.18. The van der Waals surface area contributed by atoms with Crippen LogP contribution in [0.2, 0.25) is 0 Å². The molecule has 0 fully saturated rings. The Morgan fingerprint density at radius 2 is 2.14 bits per heavy atom. The van der Waals surface area contributed by atoms with E-state index in [0.29, 0.717) is 22.1 Å².